The first-order valence-electron chi connectivity index (χ1n) is 5.66. The fraction of sp³-hybridized carbons (Fsp3) is 0.231. The summed E-state index contributed by atoms with van der Waals surface area (Å²) in [5.41, 5.74) is 0.595. The van der Waals surface area contributed by atoms with Crippen LogP contribution in [-0.4, -0.2) is 17.0 Å². The molecule has 0 spiro atoms. The zero-order chi connectivity index (χ0) is 14.0. The molecular weight excluding hydrogens is 272 g/mol. The van der Waals surface area contributed by atoms with Gasteiger partial charge in [-0.1, -0.05) is 23.7 Å². The van der Waals surface area contributed by atoms with Crippen LogP contribution in [0.25, 0.3) is 0 Å². The van der Waals surface area contributed by atoms with Crippen LogP contribution in [0.1, 0.15) is 17.1 Å². The molecular formula is C13H12ClF2N3. The van der Waals surface area contributed by atoms with Gasteiger partial charge in [0, 0.05) is 13.5 Å². The monoisotopic (exact) mass is 283 g/mol. The highest BCUT2D eigenvalue weighted by Gasteiger charge is 2.13. The summed E-state index contributed by atoms with van der Waals surface area (Å²) in [5.74, 6) is -0.562. The number of nitrogens with one attached hydrogen (secondary N) is 1. The van der Waals surface area contributed by atoms with E-state index in [1.807, 2.05) is 0 Å². The highest BCUT2D eigenvalue weighted by Crippen LogP contribution is 2.21. The minimum absolute atomic E-state index is 0.0465. The van der Waals surface area contributed by atoms with E-state index in [9.17, 15) is 8.78 Å². The second kappa shape index (κ2) is 5.48. The van der Waals surface area contributed by atoms with Gasteiger partial charge in [0.05, 0.1) is 10.7 Å². The Labute approximate surface area is 114 Å². The lowest BCUT2D eigenvalue weighted by molar-refractivity contribution is 0.597. The van der Waals surface area contributed by atoms with Gasteiger partial charge in [0.25, 0.3) is 0 Å². The Balaban J connectivity index is 2.38. The van der Waals surface area contributed by atoms with Gasteiger partial charge in [-0.3, -0.25) is 0 Å². The van der Waals surface area contributed by atoms with Crippen LogP contribution in [0.2, 0.25) is 5.02 Å². The summed E-state index contributed by atoms with van der Waals surface area (Å²) in [6.45, 7) is 1.54. The summed E-state index contributed by atoms with van der Waals surface area (Å²) in [7, 11) is 1.56. The molecule has 2 rings (SSSR count). The Kier molecular flexibility index (Phi) is 3.95. The predicted octanol–water partition coefficient (Wildman–Crippen LogP) is 3.35. The summed E-state index contributed by atoms with van der Waals surface area (Å²) >= 11 is 5.71. The molecule has 0 fully saturated rings. The SMILES string of the molecule is CNc1nc(Cc2cccc(Cl)c2F)nc(C)c1F. The normalized spacial score (nSPS) is 10.6. The second-order valence-electron chi connectivity index (χ2n) is 4.03. The van der Waals surface area contributed by atoms with Crippen LogP contribution in [0.5, 0.6) is 0 Å². The van der Waals surface area contributed by atoms with Gasteiger partial charge in [-0.2, -0.15) is 0 Å². The maximum absolute atomic E-state index is 13.8. The molecule has 0 aliphatic carbocycles. The molecule has 0 atom stereocenters. The van der Waals surface area contributed by atoms with E-state index in [4.69, 9.17) is 11.6 Å². The number of anilines is 1. The molecule has 19 heavy (non-hydrogen) atoms. The van der Waals surface area contributed by atoms with Gasteiger partial charge in [-0.05, 0) is 18.6 Å². The number of hydrogen-bond acceptors (Lipinski definition) is 3. The van der Waals surface area contributed by atoms with E-state index >= 15 is 0 Å². The van der Waals surface area contributed by atoms with Crippen molar-refractivity contribution in [2.24, 2.45) is 0 Å². The standard InChI is InChI=1S/C13H12ClF2N3/c1-7-11(15)13(17-2)19-10(18-7)6-8-4-3-5-9(14)12(8)16/h3-5H,6H2,1-2H3,(H,17,18,19). The van der Waals surface area contributed by atoms with E-state index in [1.165, 1.54) is 13.0 Å². The van der Waals surface area contributed by atoms with Crippen LogP contribution in [0.4, 0.5) is 14.6 Å². The molecule has 2 aromatic rings. The number of benzene rings is 1. The van der Waals surface area contributed by atoms with Gasteiger partial charge in [0.1, 0.15) is 11.6 Å². The van der Waals surface area contributed by atoms with Gasteiger partial charge >= 0.3 is 0 Å². The molecule has 0 unspecified atom stereocenters. The van der Waals surface area contributed by atoms with Crippen molar-refractivity contribution in [3.8, 4) is 0 Å². The quantitative estimate of drug-likeness (QED) is 0.939. The van der Waals surface area contributed by atoms with E-state index < -0.39 is 11.6 Å². The zero-order valence-corrected chi connectivity index (χ0v) is 11.2. The second-order valence-corrected chi connectivity index (χ2v) is 4.43. The zero-order valence-electron chi connectivity index (χ0n) is 10.5. The number of rotatable bonds is 3. The topological polar surface area (TPSA) is 37.8 Å². The van der Waals surface area contributed by atoms with Gasteiger partial charge < -0.3 is 5.32 Å². The lowest BCUT2D eigenvalue weighted by Gasteiger charge is -2.08. The van der Waals surface area contributed by atoms with Crippen molar-refractivity contribution in [2.75, 3.05) is 12.4 Å². The fourth-order valence-electron chi connectivity index (χ4n) is 1.72. The lowest BCUT2D eigenvalue weighted by atomic mass is 10.1. The first-order valence-corrected chi connectivity index (χ1v) is 6.04. The van der Waals surface area contributed by atoms with Crippen LogP contribution in [-0.2, 0) is 6.42 Å². The Morgan fingerprint density at radius 2 is 1.95 bits per heavy atom. The average molecular weight is 284 g/mol. The van der Waals surface area contributed by atoms with Crippen molar-refractivity contribution < 1.29 is 8.78 Å². The fourth-order valence-corrected chi connectivity index (χ4v) is 1.91. The molecule has 1 N–H and O–H groups in total. The summed E-state index contributed by atoms with van der Waals surface area (Å²) in [4.78, 5) is 8.02. The minimum Gasteiger partial charge on any atom is -0.371 e. The maximum Gasteiger partial charge on any atom is 0.186 e. The number of aromatic nitrogens is 2. The number of nitrogens with zero attached hydrogens (tertiary/aromatic N) is 2. The molecule has 0 amide bonds. The molecule has 0 saturated carbocycles. The molecule has 1 aromatic carbocycles. The molecule has 3 nitrogen and oxygen atoms in total. The molecule has 0 bridgehead atoms. The van der Waals surface area contributed by atoms with Crippen LogP contribution < -0.4 is 5.32 Å². The number of halogens is 3. The van der Waals surface area contributed by atoms with E-state index in [0.29, 0.717) is 11.4 Å². The van der Waals surface area contributed by atoms with Crippen LogP contribution in [0, 0.1) is 18.6 Å². The third-order valence-corrected chi connectivity index (χ3v) is 2.97. The predicted molar refractivity (Wildman–Crippen MR) is 70.5 cm³/mol. The Bertz CT molecular complexity index is 617. The van der Waals surface area contributed by atoms with Crippen LogP contribution in [0.3, 0.4) is 0 Å². The molecule has 0 aliphatic rings. The first-order chi connectivity index (χ1) is 9.02. The van der Waals surface area contributed by atoms with Gasteiger partial charge in [-0.25, -0.2) is 18.7 Å². The number of aryl methyl sites for hydroxylation is 1. The van der Waals surface area contributed by atoms with Gasteiger partial charge in [0.15, 0.2) is 11.6 Å². The van der Waals surface area contributed by atoms with Crippen molar-refractivity contribution >= 4 is 17.4 Å². The molecule has 0 saturated heterocycles. The maximum atomic E-state index is 13.8. The summed E-state index contributed by atoms with van der Waals surface area (Å²) < 4.78 is 27.4. The minimum atomic E-state index is -0.502. The highest BCUT2D eigenvalue weighted by molar-refractivity contribution is 6.30. The third-order valence-electron chi connectivity index (χ3n) is 2.68. The van der Waals surface area contributed by atoms with Crippen LogP contribution >= 0.6 is 11.6 Å². The summed E-state index contributed by atoms with van der Waals surface area (Å²) in [6, 6.07) is 4.72. The largest absolute Gasteiger partial charge is 0.371 e. The summed E-state index contributed by atoms with van der Waals surface area (Å²) in [6.07, 6.45) is 0.155. The molecule has 0 radical (unpaired) electrons. The smallest absolute Gasteiger partial charge is 0.186 e. The average Bonchev–Trinajstić information content (AvgIpc) is 2.39. The molecule has 1 heterocycles. The Hall–Kier alpha value is -1.75. The van der Waals surface area contributed by atoms with Crippen molar-refractivity contribution in [1.82, 2.24) is 9.97 Å². The van der Waals surface area contributed by atoms with Crippen molar-refractivity contribution in [2.45, 2.75) is 13.3 Å². The van der Waals surface area contributed by atoms with Crippen molar-refractivity contribution in [3.05, 3.63) is 51.9 Å². The summed E-state index contributed by atoms with van der Waals surface area (Å²) in [5, 5.41) is 2.69. The van der Waals surface area contributed by atoms with Crippen LogP contribution in [0.15, 0.2) is 18.2 Å². The lowest BCUT2D eigenvalue weighted by Crippen LogP contribution is -2.07. The molecule has 1 aromatic heterocycles. The van der Waals surface area contributed by atoms with Crippen molar-refractivity contribution in [1.29, 1.82) is 0 Å². The molecule has 100 valence electrons. The Morgan fingerprint density at radius 1 is 1.21 bits per heavy atom. The first kappa shape index (κ1) is 13.7. The van der Waals surface area contributed by atoms with Crippen molar-refractivity contribution in [3.63, 3.8) is 0 Å². The third kappa shape index (κ3) is 2.81. The van der Waals surface area contributed by atoms with E-state index in [1.54, 1.807) is 19.2 Å². The highest BCUT2D eigenvalue weighted by atomic mass is 35.5. The van der Waals surface area contributed by atoms with Gasteiger partial charge in [-0.15, -0.1) is 0 Å². The van der Waals surface area contributed by atoms with Gasteiger partial charge in [0.2, 0.25) is 0 Å². The Morgan fingerprint density at radius 3 is 2.63 bits per heavy atom. The van der Waals surface area contributed by atoms with E-state index in [-0.39, 0.29) is 23.0 Å². The van der Waals surface area contributed by atoms with E-state index in [0.717, 1.165) is 0 Å². The molecule has 6 heteroatoms. The number of hydrogen-bond donors (Lipinski definition) is 1. The van der Waals surface area contributed by atoms with E-state index in [2.05, 4.69) is 15.3 Å². The molecule has 0 aliphatic heterocycles.